The van der Waals surface area contributed by atoms with Gasteiger partial charge in [-0.05, 0) is 30.3 Å². The summed E-state index contributed by atoms with van der Waals surface area (Å²) in [7, 11) is 0. The number of hydrogen-bond acceptors (Lipinski definition) is 3. The fourth-order valence-corrected chi connectivity index (χ4v) is 2.08. The molecule has 27 heavy (non-hydrogen) atoms. The van der Waals surface area contributed by atoms with E-state index in [0.717, 1.165) is 18.2 Å². The lowest BCUT2D eigenvalue weighted by Crippen LogP contribution is -2.14. The van der Waals surface area contributed by atoms with E-state index in [1.54, 1.807) is 6.07 Å². The lowest BCUT2D eigenvalue weighted by atomic mass is 10.1. The minimum Gasteiger partial charge on any atom is -0.434 e. The van der Waals surface area contributed by atoms with E-state index in [1.165, 1.54) is 30.3 Å². The van der Waals surface area contributed by atoms with Crippen molar-refractivity contribution in [2.24, 2.45) is 0 Å². The number of carbonyl (C=O) groups is 1. The van der Waals surface area contributed by atoms with Gasteiger partial charge in [-0.3, -0.25) is 4.79 Å². The van der Waals surface area contributed by atoms with Gasteiger partial charge in [-0.1, -0.05) is 24.3 Å². The first-order valence-corrected chi connectivity index (χ1v) is 7.35. The first-order chi connectivity index (χ1) is 12.7. The largest absolute Gasteiger partial charge is 0.434 e. The van der Waals surface area contributed by atoms with Crippen molar-refractivity contribution in [3.63, 3.8) is 0 Å². The number of amides is 1. The minimum absolute atomic E-state index is 0.0357. The maximum atomic E-state index is 12.7. The smallest absolute Gasteiger partial charge is 0.416 e. The Balaban J connectivity index is 2.27. The molecule has 9 heteroatoms. The van der Waals surface area contributed by atoms with Crippen molar-refractivity contribution in [3.05, 3.63) is 65.2 Å². The lowest BCUT2D eigenvalue weighted by Gasteiger charge is -2.10. The van der Waals surface area contributed by atoms with Crippen LogP contribution in [0.15, 0.2) is 54.1 Å². The molecule has 0 aromatic heterocycles. The maximum Gasteiger partial charge on any atom is 0.416 e. The van der Waals surface area contributed by atoms with E-state index in [0.29, 0.717) is 6.07 Å². The molecule has 0 fully saturated rings. The topological polar surface area (TPSA) is 62.1 Å². The quantitative estimate of drug-likeness (QED) is 0.457. The first-order valence-electron chi connectivity index (χ1n) is 7.35. The Labute approximate surface area is 150 Å². The third-order valence-electron chi connectivity index (χ3n) is 3.25. The molecule has 2 aromatic carbocycles. The van der Waals surface area contributed by atoms with Gasteiger partial charge in [0.1, 0.15) is 17.4 Å². The van der Waals surface area contributed by atoms with Gasteiger partial charge < -0.3 is 10.1 Å². The molecule has 2 rings (SSSR count). The zero-order chi connectivity index (χ0) is 20.0. The van der Waals surface area contributed by atoms with Crippen LogP contribution in [0, 0.1) is 11.3 Å². The Hall–Kier alpha value is -3.41. The molecule has 0 saturated carbocycles. The minimum atomic E-state index is -4.60. The standard InChI is InChI=1S/C18H11F5N2O2/c19-17(20)27-15-7-2-1-4-11(15)8-12(10-24)16(26)25-14-6-3-5-13(9-14)18(21,22)23/h1-9,17H,(H,25,26)/b12-8+. The number of halogens is 5. The first kappa shape index (κ1) is 19.9. The van der Waals surface area contributed by atoms with Crippen LogP contribution in [-0.2, 0) is 11.0 Å². The van der Waals surface area contributed by atoms with Crippen molar-refractivity contribution in [1.29, 1.82) is 5.26 Å². The van der Waals surface area contributed by atoms with Gasteiger partial charge in [-0.2, -0.15) is 27.2 Å². The number of alkyl halides is 5. The van der Waals surface area contributed by atoms with Crippen molar-refractivity contribution in [3.8, 4) is 11.8 Å². The van der Waals surface area contributed by atoms with Gasteiger partial charge in [-0.15, -0.1) is 0 Å². The molecule has 0 radical (unpaired) electrons. The maximum absolute atomic E-state index is 12.7. The summed E-state index contributed by atoms with van der Waals surface area (Å²) in [5.74, 6) is -1.25. The number of para-hydroxylation sites is 1. The lowest BCUT2D eigenvalue weighted by molar-refractivity contribution is -0.137. The second-order valence-corrected chi connectivity index (χ2v) is 5.12. The summed E-state index contributed by atoms with van der Waals surface area (Å²) in [6, 6.07) is 10.9. The summed E-state index contributed by atoms with van der Waals surface area (Å²) in [5.41, 5.74) is -1.61. The fraction of sp³-hybridized carbons (Fsp3) is 0.111. The monoisotopic (exact) mass is 382 g/mol. The molecular weight excluding hydrogens is 371 g/mol. The predicted molar refractivity (Wildman–Crippen MR) is 86.7 cm³/mol. The highest BCUT2D eigenvalue weighted by molar-refractivity contribution is 6.09. The van der Waals surface area contributed by atoms with Gasteiger partial charge in [-0.25, -0.2) is 0 Å². The van der Waals surface area contributed by atoms with Crippen LogP contribution in [-0.4, -0.2) is 12.5 Å². The molecule has 0 heterocycles. The van der Waals surface area contributed by atoms with Crippen LogP contribution in [0.4, 0.5) is 27.6 Å². The highest BCUT2D eigenvalue weighted by Gasteiger charge is 2.30. The van der Waals surface area contributed by atoms with Crippen molar-refractivity contribution in [2.75, 3.05) is 5.32 Å². The van der Waals surface area contributed by atoms with E-state index in [9.17, 15) is 26.7 Å². The van der Waals surface area contributed by atoms with E-state index in [4.69, 9.17) is 5.26 Å². The van der Waals surface area contributed by atoms with Gasteiger partial charge in [0.15, 0.2) is 0 Å². The molecule has 1 N–H and O–H groups in total. The summed E-state index contributed by atoms with van der Waals surface area (Å²) in [4.78, 5) is 12.2. The molecule has 0 spiro atoms. The number of rotatable bonds is 5. The Kier molecular flexibility index (Phi) is 6.13. The van der Waals surface area contributed by atoms with E-state index >= 15 is 0 Å². The zero-order valence-corrected chi connectivity index (χ0v) is 13.4. The summed E-state index contributed by atoms with van der Waals surface area (Å²) in [6.45, 7) is -3.11. The molecule has 140 valence electrons. The molecule has 0 unspecified atom stereocenters. The van der Waals surface area contributed by atoms with Crippen LogP contribution >= 0.6 is 0 Å². The van der Waals surface area contributed by atoms with Gasteiger partial charge in [0.05, 0.1) is 5.56 Å². The summed E-state index contributed by atoms with van der Waals surface area (Å²) < 4.78 is 67.3. The van der Waals surface area contributed by atoms with Crippen molar-refractivity contribution in [1.82, 2.24) is 0 Å². The van der Waals surface area contributed by atoms with Crippen LogP contribution in [0.25, 0.3) is 6.08 Å². The summed E-state index contributed by atoms with van der Waals surface area (Å²) >= 11 is 0. The van der Waals surface area contributed by atoms with Crippen molar-refractivity contribution < 1.29 is 31.5 Å². The average Bonchev–Trinajstić information content (AvgIpc) is 2.60. The van der Waals surface area contributed by atoms with Crippen LogP contribution in [0.5, 0.6) is 5.75 Å². The van der Waals surface area contributed by atoms with Gasteiger partial charge in [0.2, 0.25) is 0 Å². The number of nitrogens with one attached hydrogen (secondary N) is 1. The fourth-order valence-electron chi connectivity index (χ4n) is 2.08. The molecular formula is C18H11F5N2O2. The number of carbonyl (C=O) groups excluding carboxylic acids is 1. The van der Waals surface area contributed by atoms with Crippen molar-refractivity contribution >= 4 is 17.7 Å². The Morgan fingerprint density at radius 3 is 2.48 bits per heavy atom. The zero-order valence-electron chi connectivity index (χ0n) is 13.4. The van der Waals surface area contributed by atoms with E-state index in [1.807, 2.05) is 0 Å². The molecule has 0 aliphatic carbocycles. The van der Waals surface area contributed by atoms with Gasteiger partial charge in [0.25, 0.3) is 5.91 Å². The number of benzene rings is 2. The molecule has 4 nitrogen and oxygen atoms in total. The normalized spacial score (nSPS) is 11.8. The predicted octanol–water partition coefficient (Wildman–Crippen LogP) is 4.85. The number of nitriles is 1. The van der Waals surface area contributed by atoms with E-state index < -0.39 is 29.8 Å². The van der Waals surface area contributed by atoms with Gasteiger partial charge >= 0.3 is 12.8 Å². The van der Waals surface area contributed by atoms with Crippen LogP contribution in [0.1, 0.15) is 11.1 Å². The van der Waals surface area contributed by atoms with E-state index in [-0.39, 0.29) is 17.0 Å². The Morgan fingerprint density at radius 2 is 1.85 bits per heavy atom. The highest BCUT2D eigenvalue weighted by atomic mass is 19.4. The average molecular weight is 382 g/mol. The highest BCUT2D eigenvalue weighted by Crippen LogP contribution is 2.31. The Morgan fingerprint density at radius 1 is 1.15 bits per heavy atom. The number of ether oxygens (including phenoxy) is 1. The third-order valence-corrected chi connectivity index (χ3v) is 3.25. The van der Waals surface area contributed by atoms with E-state index in [2.05, 4.69) is 10.1 Å². The molecule has 0 aliphatic rings. The molecule has 1 amide bonds. The second-order valence-electron chi connectivity index (χ2n) is 5.12. The second kappa shape index (κ2) is 8.31. The third kappa shape index (κ3) is 5.54. The molecule has 2 aromatic rings. The molecule has 0 saturated heterocycles. The van der Waals surface area contributed by atoms with Gasteiger partial charge in [0, 0.05) is 11.3 Å². The van der Waals surface area contributed by atoms with Crippen LogP contribution in [0.3, 0.4) is 0 Å². The van der Waals surface area contributed by atoms with Crippen molar-refractivity contribution in [2.45, 2.75) is 12.8 Å². The molecule has 0 atom stereocenters. The number of anilines is 1. The summed E-state index contributed by atoms with van der Waals surface area (Å²) in [6.07, 6.45) is -3.60. The number of hydrogen-bond donors (Lipinski definition) is 1. The molecule has 0 bridgehead atoms. The SMILES string of the molecule is N#C/C(=C\c1ccccc1OC(F)F)C(=O)Nc1cccc(C(F)(F)F)c1. The van der Waals surface area contributed by atoms with Crippen LogP contribution < -0.4 is 10.1 Å². The van der Waals surface area contributed by atoms with Crippen LogP contribution in [0.2, 0.25) is 0 Å². The Bertz CT molecular complexity index is 901. The summed E-state index contributed by atoms with van der Waals surface area (Å²) in [5, 5.41) is 11.3. The number of nitrogens with zero attached hydrogens (tertiary/aromatic N) is 1. The molecule has 0 aliphatic heterocycles.